The number of nitrogens with zero attached hydrogens (tertiary/aromatic N) is 6. The van der Waals surface area contributed by atoms with Crippen molar-refractivity contribution in [3.8, 4) is 5.82 Å². The van der Waals surface area contributed by atoms with Crippen LogP contribution < -0.4 is 11.2 Å². The zero-order chi connectivity index (χ0) is 18.0. The molecule has 25 heavy (non-hydrogen) atoms. The van der Waals surface area contributed by atoms with Crippen LogP contribution in [0.1, 0.15) is 21.7 Å². The fraction of sp³-hybridized carbons (Fsp3) is 0.0769. The number of hydrogen-bond donors (Lipinski definition) is 2. The van der Waals surface area contributed by atoms with Crippen molar-refractivity contribution in [3.05, 3.63) is 46.0 Å². The number of hydrazone groups is 1. The van der Waals surface area contributed by atoms with Crippen LogP contribution in [0.25, 0.3) is 5.82 Å². The molecule has 0 aliphatic heterocycles. The quantitative estimate of drug-likeness (QED) is 0.522. The number of hydrogen-bond acceptors (Lipinski definition) is 8. The molecule has 0 atom stereocenters. The SMILES string of the molecule is Cc1c(C(=O)NN=Cc2c(F)cccc2Cl)nnn1-c1nonc1N. The van der Waals surface area contributed by atoms with Gasteiger partial charge < -0.3 is 5.73 Å². The van der Waals surface area contributed by atoms with Gasteiger partial charge in [0.05, 0.1) is 16.9 Å². The van der Waals surface area contributed by atoms with Crippen LogP contribution in [-0.2, 0) is 0 Å². The molecule has 3 rings (SSSR count). The first-order chi connectivity index (χ1) is 12.0. The standard InChI is InChI=1S/C13H10ClFN8O2/c1-6-10(18-22-23(6)12-11(16)20-25-21-12)13(24)19-17-5-7-8(14)3-2-4-9(7)15/h2-5H,1H3,(H2,16,20)(H,19,24). The summed E-state index contributed by atoms with van der Waals surface area (Å²) in [6, 6.07) is 4.18. The maximum absolute atomic E-state index is 13.6. The molecule has 2 aromatic heterocycles. The van der Waals surface area contributed by atoms with Gasteiger partial charge in [-0.1, -0.05) is 22.9 Å². The first-order valence-electron chi connectivity index (χ1n) is 6.77. The van der Waals surface area contributed by atoms with E-state index in [1.807, 2.05) is 0 Å². The van der Waals surface area contributed by atoms with Gasteiger partial charge in [0.15, 0.2) is 5.69 Å². The molecule has 0 bridgehead atoms. The van der Waals surface area contributed by atoms with Gasteiger partial charge in [0.2, 0.25) is 11.6 Å². The maximum Gasteiger partial charge on any atom is 0.293 e. The molecule has 10 nitrogen and oxygen atoms in total. The first-order valence-corrected chi connectivity index (χ1v) is 7.15. The van der Waals surface area contributed by atoms with Gasteiger partial charge in [-0.25, -0.2) is 14.4 Å². The summed E-state index contributed by atoms with van der Waals surface area (Å²) in [6.45, 7) is 1.57. The van der Waals surface area contributed by atoms with Crippen molar-refractivity contribution in [2.24, 2.45) is 5.10 Å². The Labute approximate surface area is 144 Å². The lowest BCUT2D eigenvalue weighted by Gasteiger charge is -2.00. The lowest BCUT2D eigenvalue weighted by Crippen LogP contribution is -2.19. The van der Waals surface area contributed by atoms with Gasteiger partial charge in [0.1, 0.15) is 5.82 Å². The number of carbonyl (C=O) groups excluding carboxylic acids is 1. The minimum Gasteiger partial charge on any atom is -0.378 e. The molecule has 1 amide bonds. The third-order valence-electron chi connectivity index (χ3n) is 3.17. The van der Waals surface area contributed by atoms with Crippen molar-refractivity contribution in [1.29, 1.82) is 0 Å². The van der Waals surface area contributed by atoms with Gasteiger partial charge in [0.25, 0.3) is 5.91 Å². The van der Waals surface area contributed by atoms with Gasteiger partial charge in [-0.3, -0.25) is 4.79 Å². The second-order valence-electron chi connectivity index (χ2n) is 4.74. The average molecular weight is 365 g/mol. The second kappa shape index (κ2) is 6.65. The number of nitrogens with one attached hydrogen (secondary N) is 1. The summed E-state index contributed by atoms with van der Waals surface area (Å²) in [6.07, 6.45) is 1.09. The highest BCUT2D eigenvalue weighted by atomic mass is 35.5. The Bertz CT molecular complexity index is 947. The van der Waals surface area contributed by atoms with Crippen LogP contribution in [-0.4, -0.2) is 37.4 Å². The monoisotopic (exact) mass is 364 g/mol. The van der Waals surface area contributed by atoms with Crippen molar-refractivity contribution in [1.82, 2.24) is 30.7 Å². The summed E-state index contributed by atoms with van der Waals surface area (Å²) in [4.78, 5) is 12.1. The maximum atomic E-state index is 13.6. The van der Waals surface area contributed by atoms with E-state index in [1.54, 1.807) is 6.92 Å². The van der Waals surface area contributed by atoms with E-state index in [1.165, 1.54) is 22.9 Å². The summed E-state index contributed by atoms with van der Waals surface area (Å²) < 4.78 is 19.3. The van der Waals surface area contributed by atoms with Crippen molar-refractivity contribution in [3.63, 3.8) is 0 Å². The molecule has 0 aliphatic carbocycles. The number of carbonyl (C=O) groups is 1. The van der Waals surface area contributed by atoms with Crippen LogP contribution in [0, 0.1) is 12.7 Å². The number of benzene rings is 1. The van der Waals surface area contributed by atoms with Crippen molar-refractivity contribution >= 4 is 29.5 Å². The van der Waals surface area contributed by atoms with Crippen molar-refractivity contribution < 1.29 is 13.8 Å². The summed E-state index contributed by atoms with van der Waals surface area (Å²) in [5.74, 6) is -1.14. The highest BCUT2D eigenvalue weighted by Gasteiger charge is 2.20. The van der Waals surface area contributed by atoms with Gasteiger partial charge in [-0.15, -0.1) is 5.10 Å². The first kappa shape index (κ1) is 16.5. The minimum absolute atomic E-state index is 0.00725. The van der Waals surface area contributed by atoms with Gasteiger partial charge in [-0.2, -0.15) is 9.78 Å². The largest absolute Gasteiger partial charge is 0.378 e. The highest BCUT2D eigenvalue weighted by molar-refractivity contribution is 6.33. The Balaban J connectivity index is 1.78. The molecule has 3 N–H and O–H groups in total. The predicted octanol–water partition coefficient (Wildman–Crippen LogP) is 1.10. The number of nitrogen functional groups attached to an aromatic ring is 1. The highest BCUT2D eigenvalue weighted by Crippen LogP contribution is 2.17. The summed E-state index contributed by atoms with van der Waals surface area (Å²) >= 11 is 5.86. The lowest BCUT2D eigenvalue weighted by molar-refractivity contribution is 0.0949. The number of halogens is 2. The number of rotatable bonds is 4. The molecule has 0 aliphatic rings. The molecule has 3 aromatic rings. The molecule has 1 aromatic carbocycles. The Morgan fingerprint density at radius 1 is 1.48 bits per heavy atom. The van der Waals surface area contributed by atoms with E-state index >= 15 is 0 Å². The molecule has 12 heteroatoms. The number of anilines is 1. The summed E-state index contributed by atoms with van der Waals surface area (Å²) in [7, 11) is 0. The van der Waals surface area contributed by atoms with Gasteiger partial charge in [0, 0.05) is 5.56 Å². The molecular weight excluding hydrogens is 355 g/mol. The number of aromatic nitrogens is 5. The normalized spacial score (nSPS) is 11.2. The zero-order valence-electron chi connectivity index (χ0n) is 12.6. The van der Waals surface area contributed by atoms with Crippen LogP contribution in [0.5, 0.6) is 0 Å². The van der Waals surface area contributed by atoms with Crippen LogP contribution in [0.2, 0.25) is 5.02 Å². The van der Waals surface area contributed by atoms with Crippen molar-refractivity contribution in [2.75, 3.05) is 5.73 Å². The average Bonchev–Trinajstić information content (AvgIpc) is 3.15. The lowest BCUT2D eigenvalue weighted by atomic mass is 10.2. The Morgan fingerprint density at radius 2 is 2.28 bits per heavy atom. The molecule has 128 valence electrons. The molecule has 0 spiro atoms. The van der Waals surface area contributed by atoms with Gasteiger partial charge >= 0.3 is 0 Å². The zero-order valence-corrected chi connectivity index (χ0v) is 13.4. The molecule has 0 saturated heterocycles. The van der Waals surface area contributed by atoms with E-state index in [0.29, 0.717) is 5.69 Å². The van der Waals surface area contributed by atoms with E-state index in [9.17, 15) is 9.18 Å². The third-order valence-corrected chi connectivity index (χ3v) is 3.49. The topological polar surface area (TPSA) is 137 Å². The fourth-order valence-electron chi connectivity index (χ4n) is 1.92. The van der Waals surface area contributed by atoms with Crippen LogP contribution in [0.3, 0.4) is 0 Å². The van der Waals surface area contributed by atoms with Crippen LogP contribution >= 0.6 is 11.6 Å². The molecule has 2 heterocycles. The summed E-state index contributed by atoms with van der Waals surface area (Å²) in [5.41, 5.74) is 8.14. The van der Waals surface area contributed by atoms with E-state index in [2.05, 4.69) is 35.8 Å². The van der Waals surface area contributed by atoms with Crippen LogP contribution in [0.4, 0.5) is 10.2 Å². The number of amides is 1. The smallest absolute Gasteiger partial charge is 0.293 e. The summed E-state index contributed by atoms with van der Waals surface area (Å²) in [5, 5.41) is 18.3. The van der Waals surface area contributed by atoms with E-state index in [-0.39, 0.29) is 27.9 Å². The third kappa shape index (κ3) is 3.17. The van der Waals surface area contributed by atoms with E-state index in [4.69, 9.17) is 17.3 Å². The number of nitrogens with two attached hydrogens (primary N) is 1. The molecule has 0 unspecified atom stereocenters. The predicted molar refractivity (Wildman–Crippen MR) is 84.8 cm³/mol. The Hall–Kier alpha value is -3.34. The fourth-order valence-corrected chi connectivity index (χ4v) is 2.13. The Kier molecular flexibility index (Phi) is 4.39. The molecule has 0 fully saturated rings. The minimum atomic E-state index is -0.664. The van der Waals surface area contributed by atoms with E-state index < -0.39 is 11.7 Å². The second-order valence-corrected chi connectivity index (χ2v) is 5.15. The molecular formula is C13H10ClFN8O2. The van der Waals surface area contributed by atoms with Gasteiger partial charge in [-0.05, 0) is 29.4 Å². The van der Waals surface area contributed by atoms with Crippen LogP contribution in [0.15, 0.2) is 27.9 Å². The molecule has 0 radical (unpaired) electrons. The Morgan fingerprint density at radius 3 is 2.96 bits per heavy atom. The van der Waals surface area contributed by atoms with E-state index in [0.717, 1.165) is 6.21 Å². The van der Waals surface area contributed by atoms with Crippen molar-refractivity contribution in [2.45, 2.75) is 6.92 Å². The molecule has 0 saturated carbocycles.